The summed E-state index contributed by atoms with van der Waals surface area (Å²) in [6, 6.07) is 7.00. The van der Waals surface area contributed by atoms with E-state index in [1.807, 2.05) is 0 Å². The van der Waals surface area contributed by atoms with E-state index in [0.29, 0.717) is 30.2 Å². The summed E-state index contributed by atoms with van der Waals surface area (Å²) in [5.74, 6) is 3.66. The molecule has 1 aliphatic heterocycles. The molecule has 4 heteroatoms. The molecule has 0 atom stereocenters. The number of carbonyl (C=O) groups excluding carboxylic acids is 1. The lowest BCUT2D eigenvalue weighted by Gasteiger charge is -2.26. The van der Waals surface area contributed by atoms with Gasteiger partial charge in [0.1, 0.15) is 0 Å². The van der Waals surface area contributed by atoms with E-state index < -0.39 is 10.8 Å². The molecule has 88 valence electrons. The van der Waals surface area contributed by atoms with Crippen LogP contribution in [0.3, 0.4) is 0 Å². The molecule has 0 unspecified atom stereocenters. The Kier molecular flexibility index (Phi) is 3.60. The highest BCUT2D eigenvalue weighted by Gasteiger charge is 2.20. The van der Waals surface area contributed by atoms with E-state index >= 15 is 0 Å². The first-order chi connectivity index (χ1) is 8.20. The number of hydrogen-bond donors (Lipinski definition) is 0. The Labute approximate surface area is 103 Å². The fourth-order valence-electron chi connectivity index (χ4n) is 1.73. The van der Waals surface area contributed by atoms with Crippen molar-refractivity contribution in [3.63, 3.8) is 0 Å². The van der Waals surface area contributed by atoms with Crippen molar-refractivity contribution >= 4 is 16.7 Å². The van der Waals surface area contributed by atoms with Gasteiger partial charge in [-0.25, -0.2) is 0 Å². The van der Waals surface area contributed by atoms with Crippen LogP contribution in [0.25, 0.3) is 0 Å². The van der Waals surface area contributed by atoms with E-state index in [2.05, 4.69) is 5.92 Å². The van der Waals surface area contributed by atoms with Crippen LogP contribution in [0.15, 0.2) is 24.3 Å². The average molecular weight is 247 g/mol. The molecule has 0 spiro atoms. The van der Waals surface area contributed by atoms with Gasteiger partial charge in [0.15, 0.2) is 0 Å². The Balaban J connectivity index is 2.09. The first kappa shape index (κ1) is 11.9. The van der Waals surface area contributed by atoms with Crippen molar-refractivity contribution in [2.45, 2.75) is 0 Å². The van der Waals surface area contributed by atoms with Crippen LogP contribution in [0, 0.1) is 12.3 Å². The summed E-state index contributed by atoms with van der Waals surface area (Å²) in [6.45, 7) is 1.14. The van der Waals surface area contributed by atoms with Gasteiger partial charge in [-0.3, -0.25) is 9.00 Å². The second-order valence-electron chi connectivity index (χ2n) is 3.86. The van der Waals surface area contributed by atoms with E-state index in [-0.39, 0.29) is 5.91 Å². The van der Waals surface area contributed by atoms with Gasteiger partial charge in [-0.05, 0) is 24.3 Å². The highest BCUT2D eigenvalue weighted by atomic mass is 32.2. The molecule has 0 aliphatic carbocycles. The van der Waals surface area contributed by atoms with Gasteiger partial charge in [0, 0.05) is 46.5 Å². The summed E-state index contributed by atoms with van der Waals surface area (Å²) in [7, 11) is -0.759. The highest BCUT2D eigenvalue weighted by Crippen LogP contribution is 2.09. The van der Waals surface area contributed by atoms with Gasteiger partial charge in [0.2, 0.25) is 0 Å². The normalized spacial score (nSPS) is 16.5. The third kappa shape index (κ3) is 2.75. The van der Waals surface area contributed by atoms with Gasteiger partial charge in [-0.15, -0.1) is 6.42 Å². The van der Waals surface area contributed by atoms with Gasteiger partial charge in [-0.2, -0.15) is 0 Å². The van der Waals surface area contributed by atoms with Crippen molar-refractivity contribution in [3.8, 4) is 12.3 Å². The predicted octanol–water partition coefficient (Wildman–Crippen LogP) is 0.872. The monoisotopic (exact) mass is 247 g/mol. The predicted molar refractivity (Wildman–Crippen MR) is 68.2 cm³/mol. The van der Waals surface area contributed by atoms with Crippen molar-refractivity contribution in [2.75, 3.05) is 24.6 Å². The zero-order valence-electron chi connectivity index (χ0n) is 9.39. The van der Waals surface area contributed by atoms with Crippen molar-refractivity contribution in [1.82, 2.24) is 4.90 Å². The summed E-state index contributed by atoms with van der Waals surface area (Å²) in [5, 5.41) is 0. The van der Waals surface area contributed by atoms with Crippen LogP contribution < -0.4 is 0 Å². The molecule has 0 radical (unpaired) electrons. The number of terminal acetylenes is 1. The zero-order valence-corrected chi connectivity index (χ0v) is 10.2. The first-order valence-corrected chi connectivity index (χ1v) is 6.90. The van der Waals surface area contributed by atoms with Crippen LogP contribution in [-0.2, 0) is 10.8 Å². The third-order valence-electron chi connectivity index (χ3n) is 2.76. The molecule has 17 heavy (non-hydrogen) atoms. The van der Waals surface area contributed by atoms with Crippen LogP contribution in [-0.4, -0.2) is 39.6 Å². The largest absolute Gasteiger partial charge is 0.337 e. The average Bonchev–Trinajstić information content (AvgIpc) is 2.39. The Morgan fingerprint density at radius 1 is 1.24 bits per heavy atom. The molecule has 0 aromatic heterocycles. The molecule has 1 aromatic rings. The molecule has 1 saturated heterocycles. The molecule has 0 N–H and O–H groups in total. The highest BCUT2D eigenvalue weighted by molar-refractivity contribution is 7.85. The Morgan fingerprint density at radius 3 is 2.35 bits per heavy atom. The van der Waals surface area contributed by atoms with Crippen LogP contribution in [0.2, 0.25) is 0 Å². The minimum Gasteiger partial charge on any atom is -0.337 e. The molecule has 2 rings (SSSR count). The summed E-state index contributed by atoms with van der Waals surface area (Å²) < 4.78 is 11.2. The van der Waals surface area contributed by atoms with Gasteiger partial charge < -0.3 is 4.90 Å². The van der Waals surface area contributed by atoms with E-state index in [0.717, 1.165) is 5.56 Å². The van der Waals surface area contributed by atoms with Gasteiger partial charge in [0.25, 0.3) is 5.91 Å². The molecular formula is C13H13NO2S. The van der Waals surface area contributed by atoms with Crippen LogP contribution in [0.4, 0.5) is 0 Å². The third-order valence-corrected chi connectivity index (χ3v) is 4.04. The molecule has 1 amide bonds. The van der Waals surface area contributed by atoms with Crippen LogP contribution >= 0.6 is 0 Å². The summed E-state index contributed by atoms with van der Waals surface area (Å²) in [4.78, 5) is 13.8. The first-order valence-electron chi connectivity index (χ1n) is 5.41. The summed E-state index contributed by atoms with van der Waals surface area (Å²) in [5.41, 5.74) is 1.40. The molecular weight excluding hydrogens is 234 g/mol. The summed E-state index contributed by atoms with van der Waals surface area (Å²) >= 11 is 0. The molecule has 1 aromatic carbocycles. The Bertz CT molecular complexity index is 477. The van der Waals surface area contributed by atoms with E-state index in [1.54, 1.807) is 29.2 Å². The number of amides is 1. The molecule has 1 fully saturated rings. The lowest BCUT2D eigenvalue weighted by Crippen LogP contribution is -2.41. The van der Waals surface area contributed by atoms with Crippen molar-refractivity contribution in [2.24, 2.45) is 0 Å². The van der Waals surface area contributed by atoms with Gasteiger partial charge in [0.05, 0.1) is 0 Å². The summed E-state index contributed by atoms with van der Waals surface area (Å²) in [6.07, 6.45) is 5.25. The lowest BCUT2D eigenvalue weighted by atomic mass is 10.1. The number of hydrogen-bond acceptors (Lipinski definition) is 2. The van der Waals surface area contributed by atoms with Crippen molar-refractivity contribution < 1.29 is 9.00 Å². The van der Waals surface area contributed by atoms with Gasteiger partial charge >= 0.3 is 0 Å². The Hall–Kier alpha value is -1.60. The van der Waals surface area contributed by atoms with E-state index in [1.165, 1.54) is 0 Å². The second-order valence-corrected chi connectivity index (χ2v) is 5.56. The quantitative estimate of drug-likeness (QED) is 0.691. The fourth-order valence-corrected chi connectivity index (χ4v) is 2.78. The zero-order chi connectivity index (χ0) is 12.3. The van der Waals surface area contributed by atoms with Crippen molar-refractivity contribution in [3.05, 3.63) is 35.4 Å². The minimum absolute atomic E-state index is 0.00901. The van der Waals surface area contributed by atoms with Crippen LogP contribution in [0.1, 0.15) is 15.9 Å². The van der Waals surface area contributed by atoms with E-state index in [9.17, 15) is 9.00 Å². The fraction of sp³-hybridized carbons (Fsp3) is 0.308. The molecule has 1 aliphatic rings. The molecule has 0 saturated carbocycles. The standard InChI is InChI=1S/C13H13NO2S/c1-2-11-3-5-12(6-4-11)13(15)14-7-9-17(16)10-8-14/h1,3-6H,7-10H2. The maximum atomic E-state index is 12.1. The number of nitrogens with zero attached hydrogens (tertiary/aromatic N) is 1. The second kappa shape index (κ2) is 5.15. The number of rotatable bonds is 1. The topological polar surface area (TPSA) is 37.4 Å². The van der Waals surface area contributed by atoms with Gasteiger partial charge in [-0.1, -0.05) is 5.92 Å². The lowest BCUT2D eigenvalue weighted by molar-refractivity contribution is 0.0771. The SMILES string of the molecule is C#Cc1ccc(C(=O)N2CCS(=O)CC2)cc1. The molecule has 0 bridgehead atoms. The number of benzene rings is 1. The number of carbonyl (C=O) groups is 1. The van der Waals surface area contributed by atoms with E-state index in [4.69, 9.17) is 6.42 Å². The smallest absolute Gasteiger partial charge is 0.253 e. The van der Waals surface area contributed by atoms with Crippen molar-refractivity contribution in [1.29, 1.82) is 0 Å². The maximum absolute atomic E-state index is 12.1. The van der Waals surface area contributed by atoms with Crippen LogP contribution in [0.5, 0.6) is 0 Å². The minimum atomic E-state index is -0.759. The molecule has 3 nitrogen and oxygen atoms in total. The Morgan fingerprint density at radius 2 is 1.82 bits per heavy atom. The molecule has 1 heterocycles. The maximum Gasteiger partial charge on any atom is 0.253 e.